The molecule has 2 aliphatic rings. The maximum atomic E-state index is 14.2. The van der Waals surface area contributed by atoms with E-state index in [4.69, 9.17) is 14.2 Å². The SMILES string of the molecule is COC1CCC(Oc2cc(F)ccc2Nc2ncnc3sc(C(=O)NCC4CCCCO4)c(C)c23)CC1. The van der Waals surface area contributed by atoms with Crippen LogP contribution in [-0.2, 0) is 9.47 Å². The molecule has 2 N–H and O–H groups in total. The number of aryl methyl sites for hydroxylation is 1. The molecular formula is C27H33FN4O4S. The van der Waals surface area contributed by atoms with Gasteiger partial charge in [-0.2, -0.15) is 0 Å². The molecule has 1 amide bonds. The van der Waals surface area contributed by atoms with Crippen molar-refractivity contribution in [2.75, 3.05) is 25.6 Å². The second-order valence-electron chi connectivity index (χ2n) is 9.67. The zero-order valence-corrected chi connectivity index (χ0v) is 22.0. The van der Waals surface area contributed by atoms with E-state index in [-0.39, 0.29) is 30.0 Å². The molecule has 3 aromatic rings. The zero-order valence-electron chi connectivity index (χ0n) is 21.2. The summed E-state index contributed by atoms with van der Waals surface area (Å²) in [6, 6.07) is 4.44. The number of ether oxygens (including phenoxy) is 3. The van der Waals surface area contributed by atoms with E-state index in [0.717, 1.165) is 62.5 Å². The average Bonchev–Trinajstić information content (AvgIpc) is 3.27. The standard InChI is InChI=1S/C27H33FN4O4S/c1-16-23-25(30-15-31-27(23)37-24(16)26(33)29-14-20-5-3-4-12-35-20)32-21-11-6-17(28)13-22(21)36-19-9-7-18(34-2)8-10-19/h6,11,13,15,18-20H,3-5,7-10,12,14H2,1-2H3,(H,29,33)(H,30,31,32). The molecule has 0 bridgehead atoms. The van der Waals surface area contributed by atoms with Gasteiger partial charge in [0.25, 0.3) is 5.91 Å². The van der Waals surface area contributed by atoms with Gasteiger partial charge in [0, 0.05) is 26.3 Å². The number of halogens is 1. The molecule has 8 nitrogen and oxygen atoms in total. The first-order chi connectivity index (χ1) is 18.0. The molecule has 1 aliphatic heterocycles. The van der Waals surface area contributed by atoms with E-state index in [2.05, 4.69) is 20.6 Å². The van der Waals surface area contributed by atoms with Gasteiger partial charge in [0.1, 0.15) is 28.5 Å². The smallest absolute Gasteiger partial charge is 0.261 e. The lowest BCUT2D eigenvalue weighted by Crippen LogP contribution is -2.35. The molecule has 198 valence electrons. The molecule has 2 aromatic heterocycles. The number of carbonyl (C=O) groups excluding carboxylic acids is 1. The predicted molar refractivity (Wildman–Crippen MR) is 141 cm³/mol. The van der Waals surface area contributed by atoms with Crippen LogP contribution in [-0.4, -0.2) is 54.4 Å². The Morgan fingerprint density at radius 2 is 1.97 bits per heavy atom. The fourth-order valence-electron chi connectivity index (χ4n) is 5.03. The van der Waals surface area contributed by atoms with Gasteiger partial charge in [0.2, 0.25) is 0 Å². The van der Waals surface area contributed by atoms with E-state index in [1.807, 2.05) is 6.92 Å². The summed E-state index contributed by atoms with van der Waals surface area (Å²) in [5.41, 5.74) is 1.41. The lowest BCUT2D eigenvalue weighted by molar-refractivity contribution is 0.0169. The Labute approximate surface area is 219 Å². The highest BCUT2D eigenvalue weighted by Crippen LogP contribution is 2.37. The van der Waals surface area contributed by atoms with Crippen molar-refractivity contribution in [1.29, 1.82) is 0 Å². The number of benzene rings is 1. The van der Waals surface area contributed by atoms with E-state index >= 15 is 0 Å². The second kappa shape index (κ2) is 11.7. The maximum absolute atomic E-state index is 14.2. The predicted octanol–water partition coefficient (Wildman–Crippen LogP) is 5.52. The third kappa shape index (κ3) is 6.02. The van der Waals surface area contributed by atoms with Gasteiger partial charge in [-0.05, 0) is 69.6 Å². The van der Waals surface area contributed by atoms with Crippen molar-refractivity contribution >= 4 is 39.0 Å². The normalized spacial score (nSPS) is 22.1. The van der Waals surface area contributed by atoms with Crippen LogP contribution in [0.25, 0.3) is 10.2 Å². The Balaban J connectivity index is 1.35. The molecule has 3 heterocycles. The Hall–Kier alpha value is -2.82. The summed E-state index contributed by atoms with van der Waals surface area (Å²) in [6.45, 7) is 3.14. The Morgan fingerprint density at radius 1 is 1.16 bits per heavy atom. The van der Waals surface area contributed by atoms with Crippen LogP contribution in [0.3, 0.4) is 0 Å². The van der Waals surface area contributed by atoms with E-state index in [0.29, 0.717) is 33.5 Å². The largest absolute Gasteiger partial charge is 0.488 e. The van der Waals surface area contributed by atoms with Crippen LogP contribution in [0.15, 0.2) is 24.5 Å². The van der Waals surface area contributed by atoms with Crippen molar-refractivity contribution in [3.05, 3.63) is 40.8 Å². The Morgan fingerprint density at radius 3 is 2.73 bits per heavy atom. The lowest BCUT2D eigenvalue weighted by Gasteiger charge is -2.28. The molecule has 5 rings (SSSR count). The van der Waals surface area contributed by atoms with E-state index in [1.165, 1.54) is 29.8 Å². The zero-order chi connectivity index (χ0) is 25.8. The average molecular weight is 529 g/mol. The monoisotopic (exact) mass is 528 g/mol. The number of hydrogen-bond acceptors (Lipinski definition) is 8. The van der Waals surface area contributed by atoms with Crippen LogP contribution in [0, 0.1) is 12.7 Å². The van der Waals surface area contributed by atoms with E-state index < -0.39 is 0 Å². The number of hydrogen-bond donors (Lipinski definition) is 2. The third-order valence-electron chi connectivity index (χ3n) is 7.14. The minimum absolute atomic E-state index is 0.00880. The second-order valence-corrected chi connectivity index (χ2v) is 10.7. The summed E-state index contributed by atoms with van der Waals surface area (Å²) in [5.74, 6) is 0.476. The molecule has 1 unspecified atom stereocenters. The van der Waals surface area contributed by atoms with Gasteiger partial charge >= 0.3 is 0 Å². The summed E-state index contributed by atoms with van der Waals surface area (Å²) in [4.78, 5) is 23.2. The van der Waals surface area contributed by atoms with Crippen molar-refractivity contribution in [3.63, 3.8) is 0 Å². The van der Waals surface area contributed by atoms with E-state index in [1.54, 1.807) is 13.2 Å². The molecule has 10 heteroatoms. The van der Waals surface area contributed by atoms with Crippen LogP contribution in [0.5, 0.6) is 5.75 Å². The Bertz CT molecular complexity index is 1240. The highest BCUT2D eigenvalue weighted by molar-refractivity contribution is 7.20. The van der Waals surface area contributed by atoms with Crippen LogP contribution < -0.4 is 15.4 Å². The summed E-state index contributed by atoms with van der Waals surface area (Å²) in [5, 5.41) is 7.10. The number of carbonyl (C=O) groups is 1. The topological polar surface area (TPSA) is 94.6 Å². The third-order valence-corrected chi connectivity index (χ3v) is 8.34. The molecule has 1 aliphatic carbocycles. The summed E-state index contributed by atoms with van der Waals surface area (Å²) >= 11 is 1.33. The molecule has 1 aromatic carbocycles. The summed E-state index contributed by atoms with van der Waals surface area (Å²) < 4.78 is 31.6. The van der Waals surface area contributed by atoms with Gasteiger partial charge in [0.05, 0.1) is 34.3 Å². The Kier molecular flexibility index (Phi) is 8.17. The molecule has 1 atom stereocenters. The number of nitrogens with one attached hydrogen (secondary N) is 2. The number of aromatic nitrogens is 2. The number of rotatable bonds is 8. The van der Waals surface area contributed by atoms with Gasteiger partial charge in [-0.15, -0.1) is 11.3 Å². The van der Waals surface area contributed by atoms with E-state index in [9.17, 15) is 9.18 Å². The number of anilines is 2. The fourth-order valence-corrected chi connectivity index (χ4v) is 6.09. The number of fused-ring (bicyclic) bond motifs is 1. The molecule has 0 radical (unpaired) electrons. The van der Waals surface area contributed by atoms with Crippen LogP contribution in [0.1, 0.15) is 60.2 Å². The van der Waals surface area contributed by atoms with Gasteiger partial charge in [0.15, 0.2) is 0 Å². The van der Waals surface area contributed by atoms with Crippen LogP contribution in [0.2, 0.25) is 0 Å². The molecule has 37 heavy (non-hydrogen) atoms. The van der Waals surface area contributed by atoms with Crippen molar-refractivity contribution in [2.24, 2.45) is 0 Å². The summed E-state index contributed by atoms with van der Waals surface area (Å²) in [7, 11) is 1.73. The number of nitrogens with zero attached hydrogens (tertiary/aromatic N) is 2. The van der Waals surface area contributed by atoms with Gasteiger partial charge in [-0.25, -0.2) is 14.4 Å². The first kappa shape index (κ1) is 25.8. The lowest BCUT2D eigenvalue weighted by atomic mass is 9.95. The van der Waals surface area contributed by atoms with Gasteiger partial charge in [-0.1, -0.05) is 0 Å². The highest BCUT2D eigenvalue weighted by atomic mass is 32.1. The number of methoxy groups -OCH3 is 1. The highest BCUT2D eigenvalue weighted by Gasteiger charge is 2.24. The fraction of sp³-hybridized carbons (Fsp3) is 0.519. The van der Waals surface area contributed by atoms with Crippen molar-refractivity contribution < 1.29 is 23.4 Å². The minimum Gasteiger partial charge on any atom is -0.488 e. The first-order valence-electron chi connectivity index (χ1n) is 12.9. The van der Waals surface area contributed by atoms with Crippen LogP contribution in [0.4, 0.5) is 15.9 Å². The molecule has 1 saturated carbocycles. The van der Waals surface area contributed by atoms with Crippen molar-refractivity contribution in [1.82, 2.24) is 15.3 Å². The van der Waals surface area contributed by atoms with Crippen LogP contribution >= 0.6 is 11.3 Å². The molecular weight excluding hydrogens is 495 g/mol. The van der Waals surface area contributed by atoms with Crippen molar-refractivity contribution in [2.45, 2.75) is 70.2 Å². The van der Waals surface area contributed by atoms with Gasteiger partial charge in [-0.3, -0.25) is 4.79 Å². The minimum atomic E-state index is -0.369. The molecule has 0 spiro atoms. The quantitative estimate of drug-likeness (QED) is 0.398. The molecule has 1 saturated heterocycles. The maximum Gasteiger partial charge on any atom is 0.261 e. The molecule has 2 fully saturated rings. The number of thiophene rings is 1. The first-order valence-corrected chi connectivity index (χ1v) is 13.7. The summed E-state index contributed by atoms with van der Waals surface area (Å²) in [6.07, 6.45) is 8.45. The van der Waals surface area contributed by atoms with Gasteiger partial charge < -0.3 is 24.8 Å². The van der Waals surface area contributed by atoms with Crippen molar-refractivity contribution in [3.8, 4) is 5.75 Å². The number of amides is 1.